The summed E-state index contributed by atoms with van der Waals surface area (Å²) in [4.78, 5) is 14.4. The second kappa shape index (κ2) is 5.61. The predicted molar refractivity (Wildman–Crippen MR) is 78.2 cm³/mol. The van der Waals surface area contributed by atoms with Gasteiger partial charge in [-0.05, 0) is 54.0 Å². The molecular formula is C14H17BrN2O3. The number of benzene rings is 1. The Morgan fingerprint density at radius 2 is 2.35 bits per heavy atom. The molecule has 5 nitrogen and oxygen atoms in total. The van der Waals surface area contributed by atoms with Crippen molar-refractivity contribution in [2.75, 3.05) is 33.5 Å². The van der Waals surface area contributed by atoms with Gasteiger partial charge >= 0.3 is 0 Å². The first-order valence-electron chi connectivity index (χ1n) is 6.72. The van der Waals surface area contributed by atoms with Crippen LogP contribution in [-0.2, 0) is 0 Å². The number of hydrogen-bond acceptors (Lipinski definition) is 4. The van der Waals surface area contributed by atoms with E-state index in [0.717, 1.165) is 30.5 Å². The number of nitrogens with zero attached hydrogens (tertiary/aromatic N) is 1. The third-order valence-corrected chi connectivity index (χ3v) is 4.33. The highest BCUT2D eigenvalue weighted by Crippen LogP contribution is 2.40. The lowest BCUT2D eigenvalue weighted by Gasteiger charge is -2.17. The summed E-state index contributed by atoms with van der Waals surface area (Å²) in [5.41, 5.74) is 0.645. The molecule has 1 fully saturated rings. The summed E-state index contributed by atoms with van der Waals surface area (Å²) in [6.07, 6.45) is 1.05. The molecule has 1 aromatic rings. The standard InChI is InChI=1S/C14H17BrN2O3/c1-16-6-9-2-3-17(7-9)14(18)10-4-11(15)13-12(5-10)19-8-20-13/h4-5,9,16H,2-3,6-8H2,1H3. The zero-order chi connectivity index (χ0) is 14.1. The van der Waals surface area contributed by atoms with Gasteiger partial charge in [-0.3, -0.25) is 4.79 Å². The largest absolute Gasteiger partial charge is 0.454 e. The Morgan fingerprint density at radius 1 is 1.50 bits per heavy atom. The van der Waals surface area contributed by atoms with Crippen molar-refractivity contribution < 1.29 is 14.3 Å². The lowest BCUT2D eigenvalue weighted by molar-refractivity contribution is 0.0786. The second-order valence-electron chi connectivity index (χ2n) is 5.16. The summed E-state index contributed by atoms with van der Waals surface area (Å²) in [5.74, 6) is 1.91. The van der Waals surface area contributed by atoms with Crippen LogP contribution in [0.15, 0.2) is 16.6 Å². The van der Waals surface area contributed by atoms with Gasteiger partial charge < -0.3 is 19.7 Å². The predicted octanol–water partition coefficient (Wildman–Crippen LogP) is 1.86. The lowest BCUT2D eigenvalue weighted by Crippen LogP contribution is -2.30. The lowest BCUT2D eigenvalue weighted by atomic mass is 10.1. The van der Waals surface area contributed by atoms with E-state index in [1.54, 1.807) is 12.1 Å². The van der Waals surface area contributed by atoms with Crippen molar-refractivity contribution in [3.05, 3.63) is 22.2 Å². The van der Waals surface area contributed by atoms with Gasteiger partial charge in [0.1, 0.15) is 0 Å². The van der Waals surface area contributed by atoms with Crippen molar-refractivity contribution in [3.63, 3.8) is 0 Å². The minimum atomic E-state index is 0.0580. The molecular weight excluding hydrogens is 324 g/mol. The third kappa shape index (κ3) is 2.50. The number of ether oxygens (including phenoxy) is 2. The van der Waals surface area contributed by atoms with E-state index >= 15 is 0 Å². The quantitative estimate of drug-likeness (QED) is 0.912. The van der Waals surface area contributed by atoms with Crippen molar-refractivity contribution in [2.45, 2.75) is 6.42 Å². The first kappa shape index (κ1) is 13.7. The van der Waals surface area contributed by atoms with E-state index in [4.69, 9.17) is 9.47 Å². The number of likely N-dealkylation sites (tertiary alicyclic amines) is 1. The molecule has 1 unspecified atom stereocenters. The molecule has 0 aromatic heterocycles. The second-order valence-corrected chi connectivity index (χ2v) is 6.01. The SMILES string of the molecule is CNCC1CCN(C(=O)c2cc(Br)c3c(c2)OCO3)C1. The maximum atomic E-state index is 12.5. The molecule has 1 atom stereocenters. The fourth-order valence-electron chi connectivity index (χ4n) is 2.75. The molecule has 0 saturated carbocycles. The number of hydrogen-bond donors (Lipinski definition) is 1. The summed E-state index contributed by atoms with van der Waals surface area (Å²) in [6, 6.07) is 3.57. The van der Waals surface area contributed by atoms with Gasteiger partial charge in [-0.2, -0.15) is 0 Å². The number of fused-ring (bicyclic) bond motifs is 1. The molecule has 0 spiro atoms. The minimum absolute atomic E-state index is 0.0580. The highest BCUT2D eigenvalue weighted by atomic mass is 79.9. The molecule has 2 aliphatic heterocycles. The normalized spacial score (nSPS) is 20.5. The van der Waals surface area contributed by atoms with Crippen LogP contribution in [0.25, 0.3) is 0 Å². The number of rotatable bonds is 3. The van der Waals surface area contributed by atoms with E-state index in [0.29, 0.717) is 23.0 Å². The molecule has 1 N–H and O–H groups in total. The van der Waals surface area contributed by atoms with Crippen LogP contribution in [-0.4, -0.2) is 44.3 Å². The Morgan fingerprint density at radius 3 is 3.15 bits per heavy atom. The van der Waals surface area contributed by atoms with Crippen molar-refractivity contribution in [3.8, 4) is 11.5 Å². The summed E-state index contributed by atoms with van der Waals surface area (Å²) in [7, 11) is 1.94. The Labute approximate surface area is 126 Å². The molecule has 1 aromatic carbocycles. The van der Waals surface area contributed by atoms with E-state index in [1.807, 2.05) is 11.9 Å². The third-order valence-electron chi connectivity index (χ3n) is 3.74. The van der Waals surface area contributed by atoms with Crippen LogP contribution >= 0.6 is 15.9 Å². The Hall–Kier alpha value is -1.27. The molecule has 20 heavy (non-hydrogen) atoms. The first-order chi connectivity index (χ1) is 9.69. The molecule has 0 aliphatic carbocycles. The van der Waals surface area contributed by atoms with Gasteiger partial charge in [0, 0.05) is 18.7 Å². The molecule has 2 aliphatic rings. The van der Waals surface area contributed by atoms with Crippen molar-refractivity contribution in [1.29, 1.82) is 0 Å². The topological polar surface area (TPSA) is 50.8 Å². The maximum Gasteiger partial charge on any atom is 0.254 e. The molecule has 108 valence electrons. The summed E-state index contributed by atoms with van der Waals surface area (Å²) < 4.78 is 11.5. The van der Waals surface area contributed by atoms with Crippen LogP contribution in [0.5, 0.6) is 11.5 Å². The number of carbonyl (C=O) groups is 1. The average molecular weight is 341 g/mol. The van der Waals surface area contributed by atoms with Gasteiger partial charge in [0.2, 0.25) is 6.79 Å². The van der Waals surface area contributed by atoms with Gasteiger partial charge in [0.05, 0.1) is 4.47 Å². The Balaban J connectivity index is 1.77. The number of nitrogens with one attached hydrogen (secondary N) is 1. The van der Waals surface area contributed by atoms with Gasteiger partial charge in [-0.1, -0.05) is 0 Å². The fourth-order valence-corrected chi connectivity index (χ4v) is 3.30. The van der Waals surface area contributed by atoms with E-state index in [2.05, 4.69) is 21.2 Å². The molecule has 0 radical (unpaired) electrons. The fraction of sp³-hybridized carbons (Fsp3) is 0.500. The smallest absolute Gasteiger partial charge is 0.254 e. The van der Waals surface area contributed by atoms with Gasteiger partial charge in [-0.25, -0.2) is 0 Å². The molecule has 0 bridgehead atoms. The Kier molecular flexibility index (Phi) is 3.85. The number of carbonyl (C=O) groups excluding carboxylic acids is 1. The van der Waals surface area contributed by atoms with Gasteiger partial charge in [-0.15, -0.1) is 0 Å². The van der Waals surface area contributed by atoms with Crippen LogP contribution in [0.4, 0.5) is 0 Å². The Bertz CT molecular complexity index is 535. The summed E-state index contributed by atoms with van der Waals surface area (Å²) in [5, 5.41) is 3.17. The number of amides is 1. The van der Waals surface area contributed by atoms with Crippen LogP contribution < -0.4 is 14.8 Å². The van der Waals surface area contributed by atoms with Crippen LogP contribution in [0.3, 0.4) is 0 Å². The van der Waals surface area contributed by atoms with Crippen LogP contribution in [0.1, 0.15) is 16.8 Å². The maximum absolute atomic E-state index is 12.5. The minimum Gasteiger partial charge on any atom is -0.454 e. The van der Waals surface area contributed by atoms with E-state index in [-0.39, 0.29) is 12.7 Å². The van der Waals surface area contributed by atoms with Gasteiger partial charge in [0.15, 0.2) is 11.5 Å². The zero-order valence-corrected chi connectivity index (χ0v) is 12.9. The molecule has 1 saturated heterocycles. The van der Waals surface area contributed by atoms with Crippen molar-refractivity contribution in [2.24, 2.45) is 5.92 Å². The van der Waals surface area contributed by atoms with E-state index in [1.165, 1.54) is 0 Å². The van der Waals surface area contributed by atoms with Crippen LogP contribution in [0.2, 0.25) is 0 Å². The number of halogens is 1. The van der Waals surface area contributed by atoms with E-state index in [9.17, 15) is 4.79 Å². The highest BCUT2D eigenvalue weighted by Gasteiger charge is 2.28. The first-order valence-corrected chi connectivity index (χ1v) is 7.51. The highest BCUT2D eigenvalue weighted by molar-refractivity contribution is 9.10. The zero-order valence-electron chi connectivity index (χ0n) is 11.3. The summed E-state index contributed by atoms with van der Waals surface area (Å²) >= 11 is 3.43. The van der Waals surface area contributed by atoms with Crippen molar-refractivity contribution >= 4 is 21.8 Å². The van der Waals surface area contributed by atoms with E-state index < -0.39 is 0 Å². The molecule has 6 heteroatoms. The average Bonchev–Trinajstić information content (AvgIpc) is 3.07. The molecule has 2 heterocycles. The molecule has 3 rings (SSSR count). The monoisotopic (exact) mass is 340 g/mol. The molecule has 1 amide bonds. The van der Waals surface area contributed by atoms with Gasteiger partial charge in [0.25, 0.3) is 5.91 Å². The van der Waals surface area contributed by atoms with Crippen LogP contribution in [0, 0.1) is 5.92 Å². The summed E-state index contributed by atoms with van der Waals surface area (Å²) in [6.45, 7) is 2.79. The van der Waals surface area contributed by atoms with Crippen molar-refractivity contribution in [1.82, 2.24) is 10.2 Å².